The fourth-order valence-electron chi connectivity index (χ4n) is 1.25. The summed E-state index contributed by atoms with van der Waals surface area (Å²) in [4.78, 5) is 8.52. The summed E-state index contributed by atoms with van der Waals surface area (Å²) >= 11 is 0. The lowest BCUT2D eigenvalue weighted by molar-refractivity contribution is 0.568. The van der Waals surface area contributed by atoms with Crippen LogP contribution < -0.4 is 5.32 Å². The van der Waals surface area contributed by atoms with E-state index in [9.17, 15) is 0 Å². The van der Waals surface area contributed by atoms with Gasteiger partial charge in [-0.05, 0) is 13.0 Å². The number of furan rings is 1. The van der Waals surface area contributed by atoms with Gasteiger partial charge in [0.15, 0.2) is 0 Å². The number of aromatic nitrogens is 2. The molecule has 4 nitrogen and oxygen atoms in total. The largest absolute Gasteiger partial charge is 0.472 e. The van der Waals surface area contributed by atoms with Crippen molar-refractivity contribution in [1.29, 1.82) is 0 Å². The Hall–Kier alpha value is -1.84. The molecule has 0 saturated carbocycles. The average Bonchev–Trinajstić information content (AvgIpc) is 2.69. The van der Waals surface area contributed by atoms with Gasteiger partial charge in [-0.25, -0.2) is 9.97 Å². The molecule has 0 fully saturated rings. The zero-order valence-corrected chi connectivity index (χ0v) is 8.11. The molecular formula is C10H11N3O. The molecule has 0 amide bonds. The molecule has 14 heavy (non-hydrogen) atoms. The maximum atomic E-state index is 5.00. The van der Waals surface area contributed by atoms with Gasteiger partial charge in [0, 0.05) is 18.7 Å². The summed E-state index contributed by atoms with van der Waals surface area (Å²) in [7, 11) is 1.83. The van der Waals surface area contributed by atoms with Crippen LogP contribution >= 0.6 is 0 Å². The van der Waals surface area contributed by atoms with E-state index in [1.165, 1.54) is 0 Å². The Bertz CT molecular complexity index is 423. The number of nitrogens with zero attached hydrogens (tertiary/aromatic N) is 2. The van der Waals surface area contributed by atoms with Gasteiger partial charge in [0.05, 0.1) is 18.2 Å². The highest BCUT2D eigenvalue weighted by Gasteiger charge is 2.03. The van der Waals surface area contributed by atoms with E-state index in [4.69, 9.17) is 4.42 Å². The van der Waals surface area contributed by atoms with Crippen molar-refractivity contribution in [2.45, 2.75) is 6.92 Å². The van der Waals surface area contributed by atoms with E-state index >= 15 is 0 Å². The molecule has 0 unspecified atom stereocenters. The van der Waals surface area contributed by atoms with Crippen molar-refractivity contribution in [3.05, 3.63) is 30.5 Å². The Labute approximate surface area is 82.0 Å². The summed E-state index contributed by atoms with van der Waals surface area (Å²) in [6, 6.07) is 3.76. The van der Waals surface area contributed by atoms with E-state index < -0.39 is 0 Å². The first-order valence-electron chi connectivity index (χ1n) is 4.35. The van der Waals surface area contributed by atoms with E-state index in [0.29, 0.717) is 0 Å². The first-order valence-corrected chi connectivity index (χ1v) is 4.35. The third-order valence-electron chi connectivity index (χ3n) is 1.91. The van der Waals surface area contributed by atoms with Crippen LogP contribution in [0.1, 0.15) is 5.82 Å². The van der Waals surface area contributed by atoms with Crippen molar-refractivity contribution < 1.29 is 4.42 Å². The Morgan fingerprint density at radius 2 is 2.21 bits per heavy atom. The molecule has 0 aliphatic carbocycles. The smallest absolute Gasteiger partial charge is 0.130 e. The first-order chi connectivity index (χ1) is 6.79. The van der Waals surface area contributed by atoms with E-state index in [-0.39, 0.29) is 0 Å². The summed E-state index contributed by atoms with van der Waals surface area (Å²) < 4.78 is 5.00. The predicted molar refractivity (Wildman–Crippen MR) is 54.0 cm³/mol. The molecule has 0 aromatic carbocycles. The number of rotatable bonds is 2. The Kier molecular flexibility index (Phi) is 2.18. The van der Waals surface area contributed by atoms with Crippen LogP contribution in [0.25, 0.3) is 11.3 Å². The number of anilines is 1. The summed E-state index contributed by atoms with van der Waals surface area (Å²) in [5.74, 6) is 1.56. The van der Waals surface area contributed by atoms with Crippen LogP contribution in [0.3, 0.4) is 0 Å². The number of aryl methyl sites for hydroxylation is 1. The zero-order valence-electron chi connectivity index (χ0n) is 8.11. The van der Waals surface area contributed by atoms with E-state index in [1.807, 2.05) is 26.1 Å². The van der Waals surface area contributed by atoms with Gasteiger partial charge in [-0.3, -0.25) is 0 Å². The molecule has 0 bridgehead atoms. The topological polar surface area (TPSA) is 51.0 Å². The molecule has 1 N–H and O–H groups in total. The van der Waals surface area contributed by atoms with Crippen molar-refractivity contribution >= 4 is 5.82 Å². The predicted octanol–water partition coefficient (Wildman–Crippen LogP) is 2.09. The third-order valence-corrected chi connectivity index (χ3v) is 1.91. The Morgan fingerprint density at radius 1 is 1.36 bits per heavy atom. The fraction of sp³-hybridized carbons (Fsp3) is 0.200. The van der Waals surface area contributed by atoms with Gasteiger partial charge < -0.3 is 9.73 Å². The van der Waals surface area contributed by atoms with Crippen LogP contribution in [0.2, 0.25) is 0 Å². The highest BCUT2D eigenvalue weighted by atomic mass is 16.3. The lowest BCUT2D eigenvalue weighted by Gasteiger charge is -2.03. The van der Waals surface area contributed by atoms with Crippen LogP contribution in [0, 0.1) is 6.92 Å². The van der Waals surface area contributed by atoms with Gasteiger partial charge in [0.2, 0.25) is 0 Å². The summed E-state index contributed by atoms with van der Waals surface area (Å²) in [6.07, 6.45) is 3.30. The van der Waals surface area contributed by atoms with Crippen molar-refractivity contribution in [1.82, 2.24) is 9.97 Å². The third kappa shape index (κ3) is 1.59. The highest BCUT2D eigenvalue weighted by molar-refractivity contribution is 5.60. The van der Waals surface area contributed by atoms with Crippen molar-refractivity contribution in [3.8, 4) is 11.3 Å². The molecule has 0 atom stereocenters. The van der Waals surface area contributed by atoms with E-state index in [1.54, 1.807) is 12.5 Å². The second kappa shape index (κ2) is 3.49. The van der Waals surface area contributed by atoms with Gasteiger partial charge in [-0.15, -0.1) is 0 Å². The maximum absolute atomic E-state index is 5.00. The Balaban J connectivity index is 2.48. The highest BCUT2D eigenvalue weighted by Crippen LogP contribution is 2.19. The quantitative estimate of drug-likeness (QED) is 0.785. The fourth-order valence-corrected chi connectivity index (χ4v) is 1.25. The molecule has 2 heterocycles. The standard InChI is InChI=1S/C10H11N3O/c1-7-12-9(5-10(11-2)13-7)8-3-4-14-6-8/h3-6H,1-2H3,(H,11,12,13). The molecule has 0 radical (unpaired) electrons. The van der Waals surface area contributed by atoms with Gasteiger partial charge in [0.1, 0.15) is 11.6 Å². The summed E-state index contributed by atoms with van der Waals surface area (Å²) in [5, 5.41) is 2.99. The molecule has 0 aliphatic heterocycles. The molecule has 2 aromatic rings. The molecule has 0 aliphatic rings. The number of hydrogen-bond acceptors (Lipinski definition) is 4. The minimum Gasteiger partial charge on any atom is -0.472 e. The molecule has 0 spiro atoms. The van der Waals surface area contributed by atoms with Crippen LogP contribution in [-0.2, 0) is 0 Å². The van der Waals surface area contributed by atoms with Crippen LogP contribution in [0.15, 0.2) is 29.1 Å². The van der Waals surface area contributed by atoms with Gasteiger partial charge in [-0.2, -0.15) is 0 Å². The molecular weight excluding hydrogens is 178 g/mol. The first kappa shape index (κ1) is 8.74. The molecule has 2 aromatic heterocycles. The van der Waals surface area contributed by atoms with Crippen LogP contribution in [0.4, 0.5) is 5.82 Å². The lowest BCUT2D eigenvalue weighted by Crippen LogP contribution is -1.97. The Morgan fingerprint density at radius 3 is 2.86 bits per heavy atom. The van der Waals surface area contributed by atoms with Gasteiger partial charge in [-0.1, -0.05) is 0 Å². The second-order valence-electron chi connectivity index (χ2n) is 2.95. The van der Waals surface area contributed by atoms with Crippen molar-refractivity contribution in [2.75, 3.05) is 12.4 Å². The molecule has 2 rings (SSSR count). The van der Waals surface area contributed by atoms with Crippen molar-refractivity contribution in [3.63, 3.8) is 0 Å². The molecule has 72 valence electrons. The van der Waals surface area contributed by atoms with Gasteiger partial charge >= 0.3 is 0 Å². The second-order valence-corrected chi connectivity index (χ2v) is 2.95. The zero-order chi connectivity index (χ0) is 9.97. The monoisotopic (exact) mass is 189 g/mol. The average molecular weight is 189 g/mol. The van der Waals surface area contributed by atoms with Crippen molar-refractivity contribution in [2.24, 2.45) is 0 Å². The number of nitrogens with one attached hydrogen (secondary N) is 1. The normalized spacial score (nSPS) is 10.1. The van der Waals surface area contributed by atoms with Crippen LogP contribution in [0.5, 0.6) is 0 Å². The summed E-state index contributed by atoms with van der Waals surface area (Å²) in [5.41, 5.74) is 1.84. The maximum Gasteiger partial charge on any atom is 0.130 e. The minimum atomic E-state index is 0.744. The molecule has 4 heteroatoms. The molecule has 0 saturated heterocycles. The SMILES string of the molecule is CNc1cc(-c2ccoc2)nc(C)n1. The summed E-state index contributed by atoms with van der Waals surface area (Å²) in [6.45, 7) is 1.87. The van der Waals surface area contributed by atoms with E-state index in [0.717, 1.165) is 22.9 Å². The lowest BCUT2D eigenvalue weighted by atomic mass is 10.2. The number of hydrogen-bond donors (Lipinski definition) is 1. The van der Waals surface area contributed by atoms with Crippen LogP contribution in [-0.4, -0.2) is 17.0 Å². The van der Waals surface area contributed by atoms with E-state index in [2.05, 4.69) is 15.3 Å². The minimum absolute atomic E-state index is 0.744. The van der Waals surface area contributed by atoms with Gasteiger partial charge in [0.25, 0.3) is 0 Å².